The van der Waals surface area contributed by atoms with Crippen LogP contribution in [0.3, 0.4) is 0 Å². The fourth-order valence-electron chi connectivity index (χ4n) is 2.61. The van der Waals surface area contributed by atoms with Crippen molar-refractivity contribution in [3.63, 3.8) is 0 Å². The van der Waals surface area contributed by atoms with Gasteiger partial charge in [0.1, 0.15) is 0 Å². The van der Waals surface area contributed by atoms with Crippen molar-refractivity contribution >= 4 is 22.6 Å². The molecule has 1 aliphatic carbocycles. The van der Waals surface area contributed by atoms with Crippen molar-refractivity contribution in [2.75, 3.05) is 5.32 Å². The summed E-state index contributed by atoms with van der Waals surface area (Å²) in [5.74, 6) is 0.00107. The van der Waals surface area contributed by atoms with Crippen LogP contribution in [0.2, 0.25) is 0 Å². The quantitative estimate of drug-likeness (QED) is 0.645. The van der Waals surface area contributed by atoms with Gasteiger partial charge >= 0.3 is 5.69 Å². The summed E-state index contributed by atoms with van der Waals surface area (Å²) in [5, 5.41) is 2.88. The zero-order valence-electron chi connectivity index (χ0n) is 10.4. The van der Waals surface area contributed by atoms with Crippen molar-refractivity contribution in [3.8, 4) is 0 Å². The standard InChI is InChI=1S/C13H16N4O2/c14-8-2-1-7(5-8)12(18)15-9-3-4-10-11(6-9)17-13(19)16-10/h3-4,6-8H,1-2,5,14H2,(H,15,18)(H2,16,17,19). The molecule has 3 rings (SSSR count). The normalized spacial score (nSPS) is 22.8. The van der Waals surface area contributed by atoms with Crippen LogP contribution in [0.1, 0.15) is 19.3 Å². The van der Waals surface area contributed by atoms with Crippen LogP contribution in [0.25, 0.3) is 11.0 Å². The van der Waals surface area contributed by atoms with Crippen LogP contribution >= 0.6 is 0 Å². The van der Waals surface area contributed by atoms with E-state index in [0.29, 0.717) is 11.2 Å². The average Bonchev–Trinajstić information content (AvgIpc) is 2.93. The molecule has 2 atom stereocenters. The third-order valence-electron chi connectivity index (χ3n) is 3.63. The largest absolute Gasteiger partial charge is 0.328 e. The molecule has 0 bridgehead atoms. The van der Waals surface area contributed by atoms with Gasteiger partial charge in [0.05, 0.1) is 11.0 Å². The minimum atomic E-state index is -0.250. The Balaban J connectivity index is 1.77. The van der Waals surface area contributed by atoms with E-state index in [4.69, 9.17) is 5.73 Å². The number of fused-ring (bicyclic) bond motifs is 1. The highest BCUT2D eigenvalue weighted by atomic mass is 16.2. The molecule has 5 N–H and O–H groups in total. The van der Waals surface area contributed by atoms with Gasteiger partial charge in [-0.3, -0.25) is 4.79 Å². The number of hydrogen-bond acceptors (Lipinski definition) is 3. The van der Waals surface area contributed by atoms with Crippen molar-refractivity contribution in [2.45, 2.75) is 25.3 Å². The fourth-order valence-corrected chi connectivity index (χ4v) is 2.61. The van der Waals surface area contributed by atoms with Gasteiger partial charge in [-0.1, -0.05) is 0 Å². The van der Waals surface area contributed by atoms with Gasteiger partial charge in [0.15, 0.2) is 0 Å². The van der Waals surface area contributed by atoms with Crippen LogP contribution in [0, 0.1) is 5.92 Å². The van der Waals surface area contributed by atoms with Gasteiger partial charge in [0.2, 0.25) is 5.91 Å². The van der Waals surface area contributed by atoms with E-state index in [-0.39, 0.29) is 23.6 Å². The number of nitrogens with two attached hydrogens (primary N) is 1. The summed E-state index contributed by atoms with van der Waals surface area (Å²) in [7, 11) is 0. The Hall–Kier alpha value is -2.08. The third kappa shape index (κ3) is 2.39. The second kappa shape index (κ2) is 4.55. The summed E-state index contributed by atoms with van der Waals surface area (Å²) in [6.07, 6.45) is 2.49. The Labute approximate surface area is 109 Å². The Morgan fingerprint density at radius 3 is 2.79 bits per heavy atom. The van der Waals surface area contributed by atoms with E-state index in [1.807, 2.05) is 0 Å². The lowest BCUT2D eigenvalue weighted by molar-refractivity contribution is -0.119. The number of amides is 1. The van der Waals surface area contributed by atoms with E-state index >= 15 is 0 Å². The molecule has 1 aromatic carbocycles. The van der Waals surface area contributed by atoms with Gasteiger partial charge in [-0.05, 0) is 37.5 Å². The van der Waals surface area contributed by atoms with E-state index in [1.165, 1.54) is 0 Å². The molecule has 100 valence electrons. The minimum absolute atomic E-state index is 0.00373. The first-order chi connectivity index (χ1) is 9.11. The van der Waals surface area contributed by atoms with Crippen molar-refractivity contribution in [2.24, 2.45) is 11.7 Å². The summed E-state index contributed by atoms with van der Waals surface area (Å²) in [5.41, 5.74) is 7.66. The molecule has 0 saturated heterocycles. The number of rotatable bonds is 2. The molecule has 0 aliphatic heterocycles. The summed E-state index contributed by atoms with van der Waals surface area (Å²) in [4.78, 5) is 28.5. The number of H-pyrrole nitrogens is 2. The molecule has 1 fully saturated rings. The van der Waals surface area contributed by atoms with Gasteiger partial charge in [0, 0.05) is 17.6 Å². The lowest BCUT2D eigenvalue weighted by Gasteiger charge is -2.10. The second-order valence-electron chi connectivity index (χ2n) is 5.10. The summed E-state index contributed by atoms with van der Waals surface area (Å²) < 4.78 is 0. The molecule has 1 heterocycles. The first-order valence-electron chi connectivity index (χ1n) is 6.40. The van der Waals surface area contributed by atoms with Crippen LogP contribution in [0.4, 0.5) is 5.69 Å². The molecule has 1 aromatic heterocycles. The van der Waals surface area contributed by atoms with Gasteiger partial charge in [-0.15, -0.1) is 0 Å². The van der Waals surface area contributed by atoms with Crippen molar-refractivity contribution in [1.29, 1.82) is 0 Å². The molecule has 1 saturated carbocycles. The van der Waals surface area contributed by atoms with Crippen molar-refractivity contribution in [3.05, 3.63) is 28.7 Å². The van der Waals surface area contributed by atoms with Gasteiger partial charge in [-0.2, -0.15) is 0 Å². The molecular weight excluding hydrogens is 244 g/mol. The first kappa shape index (κ1) is 12.0. The lowest BCUT2D eigenvalue weighted by Crippen LogP contribution is -2.23. The molecule has 0 radical (unpaired) electrons. The monoisotopic (exact) mass is 260 g/mol. The molecular formula is C13H16N4O2. The number of nitrogens with one attached hydrogen (secondary N) is 3. The number of carbonyl (C=O) groups is 1. The van der Waals surface area contributed by atoms with E-state index < -0.39 is 0 Å². The summed E-state index contributed by atoms with van der Waals surface area (Å²) >= 11 is 0. The highest BCUT2D eigenvalue weighted by Gasteiger charge is 2.27. The SMILES string of the molecule is NC1CCC(C(=O)Nc2ccc3[nH]c(=O)[nH]c3c2)C1. The number of aromatic nitrogens is 2. The maximum absolute atomic E-state index is 12.1. The molecule has 2 aromatic rings. The predicted octanol–water partition coefficient (Wildman–Crippen LogP) is 0.922. The van der Waals surface area contributed by atoms with Crippen LogP contribution < -0.4 is 16.7 Å². The van der Waals surface area contributed by atoms with Crippen molar-refractivity contribution < 1.29 is 4.79 Å². The maximum Gasteiger partial charge on any atom is 0.323 e. The van der Waals surface area contributed by atoms with Crippen LogP contribution in [0.15, 0.2) is 23.0 Å². The number of hydrogen-bond donors (Lipinski definition) is 4. The van der Waals surface area contributed by atoms with Crippen LogP contribution in [-0.4, -0.2) is 21.9 Å². The number of aromatic amines is 2. The molecule has 6 nitrogen and oxygen atoms in total. The summed E-state index contributed by atoms with van der Waals surface area (Å²) in [6.45, 7) is 0. The maximum atomic E-state index is 12.1. The zero-order valence-corrected chi connectivity index (χ0v) is 10.4. The summed E-state index contributed by atoms with van der Waals surface area (Å²) in [6, 6.07) is 5.43. The molecule has 6 heteroatoms. The van der Waals surface area contributed by atoms with E-state index in [1.54, 1.807) is 18.2 Å². The van der Waals surface area contributed by atoms with E-state index in [2.05, 4.69) is 15.3 Å². The second-order valence-corrected chi connectivity index (χ2v) is 5.10. The average molecular weight is 260 g/mol. The van der Waals surface area contributed by atoms with Crippen LogP contribution in [0.5, 0.6) is 0 Å². The molecule has 1 amide bonds. The topological polar surface area (TPSA) is 104 Å². The predicted molar refractivity (Wildman–Crippen MR) is 72.9 cm³/mol. The molecule has 19 heavy (non-hydrogen) atoms. The lowest BCUT2D eigenvalue weighted by atomic mass is 10.1. The molecule has 0 spiro atoms. The number of imidazole rings is 1. The van der Waals surface area contributed by atoms with Gasteiger partial charge < -0.3 is 21.0 Å². The van der Waals surface area contributed by atoms with E-state index in [0.717, 1.165) is 24.8 Å². The Bertz CT molecular complexity index is 673. The van der Waals surface area contributed by atoms with Crippen molar-refractivity contribution in [1.82, 2.24) is 9.97 Å². The third-order valence-corrected chi connectivity index (χ3v) is 3.63. The smallest absolute Gasteiger partial charge is 0.323 e. The molecule has 2 unspecified atom stereocenters. The van der Waals surface area contributed by atoms with Gasteiger partial charge in [0.25, 0.3) is 0 Å². The Morgan fingerprint density at radius 2 is 2.05 bits per heavy atom. The fraction of sp³-hybridized carbons (Fsp3) is 0.385. The Morgan fingerprint density at radius 1 is 1.26 bits per heavy atom. The van der Waals surface area contributed by atoms with Crippen LogP contribution in [-0.2, 0) is 4.79 Å². The Kier molecular flexibility index (Phi) is 2.87. The first-order valence-corrected chi connectivity index (χ1v) is 6.40. The highest BCUT2D eigenvalue weighted by molar-refractivity contribution is 5.94. The number of carbonyl (C=O) groups excluding carboxylic acids is 1. The highest BCUT2D eigenvalue weighted by Crippen LogP contribution is 2.25. The minimum Gasteiger partial charge on any atom is -0.328 e. The van der Waals surface area contributed by atoms with Gasteiger partial charge in [-0.25, -0.2) is 4.79 Å². The van der Waals surface area contributed by atoms with E-state index in [9.17, 15) is 9.59 Å². The number of anilines is 1. The molecule has 1 aliphatic rings. The number of benzene rings is 1. The zero-order chi connectivity index (χ0) is 13.4.